The molecule has 0 bridgehead atoms. The molecule has 1 aromatic carbocycles. The third-order valence-corrected chi connectivity index (χ3v) is 6.80. The second-order valence-electron chi connectivity index (χ2n) is 7.91. The summed E-state index contributed by atoms with van der Waals surface area (Å²) >= 11 is 1.31. The number of amides is 2. The summed E-state index contributed by atoms with van der Waals surface area (Å²) < 4.78 is 29.0. The van der Waals surface area contributed by atoms with E-state index in [0.717, 1.165) is 4.90 Å². The first-order valence-corrected chi connectivity index (χ1v) is 11.8. The molecule has 0 spiro atoms. The van der Waals surface area contributed by atoms with Crippen LogP contribution in [0.2, 0.25) is 0 Å². The van der Waals surface area contributed by atoms with Crippen LogP contribution in [0.4, 0.5) is 5.69 Å². The zero-order valence-corrected chi connectivity index (χ0v) is 18.6. The van der Waals surface area contributed by atoms with Gasteiger partial charge in [0.05, 0.1) is 17.5 Å². The first-order chi connectivity index (χ1) is 14.5. The number of fused-ring (bicyclic) bond motifs is 1. The minimum absolute atomic E-state index is 0.0293. The van der Waals surface area contributed by atoms with Crippen molar-refractivity contribution >= 4 is 44.9 Å². The third-order valence-electron chi connectivity index (χ3n) is 4.60. The molecule has 2 aromatic rings. The minimum atomic E-state index is -3.77. The van der Waals surface area contributed by atoms with Gasteiger partial charge >= 0.3 is 5.97 Å². The average Bonchev–Trinajstić information content (AvgIpc) is 3.23. The number of nitrogens with zero attached hydrogens (tertiary/aromatic N) is 1. The Kier molecular flexibility index (Phi) is 6.48. The van der Waals surface area contributed by atoms with Gasteiger partial charge in [-0.2, -0.15) is 8.42 Å². The summed E-state index contributed by atoms with van der Waals surface area (Å²) in [6.45, 7) is 2.99. The van der Waals surface area contributed by atoms with E-state index in [0.29, 0.717) is 10.6 Å². The van der Waals surface area contributed by atoms with Crippen LogP contribution in [0.1, 0.15) is 45.9 Å². The van der Waals surface area contributed by atoms with E-state index in [4.69, 9.17) is 9.29 Å². The number of nitrogens with one attached hydrogen (secondary N) is 1. The van der Waals surface area contributed by atoms with E-state index in [-0.39, 0.29) is 36.6 Å². The Bertz CT molecular complexity index is 1110. The van der Waals surface area contributed by atoms with E-state index in [2.05, 4.69) is 5.32 Å². The molecule has 166 valence electrons. The highest BCUT2D eigenvalue weighted by Crippen LogP contribution is 2.30. The fraction of sp³-hybridized carbons (Fsp3) is 0.350. The largest absolute Gasteiger partial charge is 0.481 e. The van der Waals surface area contributed by atoms with Gasteiger partial charge < -0.3 is 10.4 Å². The van der Waals surface area contributed by atoms with E-state index >= 15 is 0 Å². The molecule has 0 fully saturated rings. The topological polar surface area (TPSA) is 130 Å². The van der Waals surface area contributed by atoms with Gasteiger partial charge in [0, 0.05) is 17.1 Å². The molecule has 2 amide bonds. The van der Waals surface area contributed by atoms with Gasteiger partial charge in [0.2, 0.25) is 0 Å². The molecule has 2 heterocycles. The average molecular weight is 467 g/mol. The lowest BCUT2D eigenvalue weighted by Crippen LogP contribution is -2.39. The van der Waals surface area contributed by atoms with E-state index in [9.17, 15) is 22.8 Å². The number of thiophene rings is 1. The number of benzene rings is 1. The van der Waals surface area contributed by atoms with Crippen LogP contribution in [-0.2, 0) is 24.8 Å². The number of carboxylic acids is 1. The van der Waals surface area contributed by atoms with Crippen molar-refractivity contribution in [3.8, 4) is 0 Å². The van der Waals surface area contributed by atoms with Gasteiger partial charge in [0.25, 0.3) is 21.9 Å². The number of carboxylic acid groups (broad SMARTS) is 1. The first-order valence-electron chi connectivity index (χ1n) is 9.33. The monoisotopic (exact) mass is 466 g/mol. The molecule has 31 heavy (non-hydrogen) atoms. The van der Waals surface area contributed by atoms with E-state index in [1.165, 1.54) is 23.5 Å². The smallest absolute Gasteiger partial charge is 0.303 e. The lowest BCUT2D eigenvalue weighted by Gasteiger charge is -2.27. The summed E-state index contributed by atoms with van der Waals surface area (Å²) in [5.41, 5.74) is 0.0127. The molecule has 0 atom stereocenters. The maximum Gasteiger partial charge on any atom is 0.303 e. The van der Waals surface area contributed by atoms with Crippen molar-refractivity contribution in [3.63, 3.8) is 0 Å². The number of rotatable bonds is 10. The Balaban J connectivity index is 1.64. The SMILES string of the molecule is CC(C)(CC(=O)O)CN1C(=O)c2ccc(NCOS(=O)(=O)Cc3cccs3)cc2C1=O. The van der Waals surface area contributed by atoms with Gasteiger partial charge in [-0.25, -0.2) is 4.18 Å². The molecular formula is C20H22N2O7S2. The third kappa shape index (κ3) is 5.69. The molecule has 0 aliphatic carbocycles. The van der Waals surface area contributed by atoms with Crippen LogP contribution in [0, 0.1) is 5.41 Å². The fourth-order valence-electron chi connectivity index (χ4n) is 3.25. The second kappa shape index (κ2) is 8.77. The summed E-state index contributed by atoms with van der Waals surface area (Å²) in [5.74, 6) is -2.25. The molecule has 11 heteroatoms. The van der Waals surface area contributed by atoms with Gasteiger partial charge in [0.1, 0.15) is 12.5 Å². The van der Waals surface area contributed by atoms with E-state index < -0.39 is 33.3 Å². The Morgan fingerprint density at radius 1 is 1.19 bits per heavy atom. The Morgan fingerprint density at radius 2 is 1.90 bits per heavy atom. The molecule has 1 aliphatic rings. The highest BCUT2D eigenvalue weighted by molar-refractivity contribution is 7.86. The predicted octanol–water partition coefficient (Wildman–Crippen LogP) is 2.76. The molecule has 2 N–H and O–H groups in total. The zero-order chi connectivity index (χ0) is 22.8. The van der Waals surface area contributed by atoms with Gasteiger partial charge in [0.15, 0.2) is 0 Å². The molecule has 0 radical (unpaired) electrons. The van der Waals surface area contributed by atoms with Gasteiger partial charge in [-0.1, -0.05) is 19.9 Å². The van der Waals surface area contributed by atoms with E-state index in [1.807, 2.05) is 0 Å². The first kappa shape index (κ1) is 22.9. The fourth-order valence-corrected chi connectivity index (χ4v) is 5.21. The van der Waals surface area contributed by atoms with Gasteiger partial charge in [-0.15, -0.1) is 11.3 Å². The van der Waals surface area contributed by atoms with Crippen molar-refractivity contribution in [1.29, 1.82) is 0 Å². The Morgan fingerprint density at radius 3 is 2.55 bits per heavy atom. The van der Waals surface area contributed by atoms with Crippen LogP contribution in [0.3, 0.4) is 0 Å². The van der Waals surface area contributed by atoms with Crippen molar-refractivity contribution in [1.82, 2.24) is 4.90 Å². The highest BCUT2D eigenvalue weighted by atomic mass is 32.2. The summed E-state index contributed by atoms with van der Waals surface area (Å²) in [4.78, 5) is 38.1. The molecular weight excluding hydrogens is 444 g/mol. The molecule has 1 aromatic heterocycles. The van der Waals surface area contributed by atoms with Crippen molar-refractivity contribution in [2.75, 3.05) is 18.6 Å². The number of carbonyl (C=O) groups is 3. The number of imide groups is 1. The normalized spacial score (nSPS) is 14.1. The number of carbonyl (C=O) groups excluding carboxylic acids is 2. The van der Waals surface area contributed by atoms with Gasteiger partial charge in [-0.3, -0.25) is 19.3 Å². The predicted molar refractivity (Wildman–Crippen MR) is 114 cm³/mol. The number of hydrogen-bond acceptors (Lipinski definition) is 8. The molecule has 0 saturated heterocycles. The molecule has 1 aliphatic heterocycles. The molecule has 0 saturated carbocycles. The van der Waals surface area contributed by atoms with Crippen molar-refractivity contribution in [3.05, 3.63) is 51.7 Å². The van der Waals surface area contributed by atoms with Crippen LogP contribution in [0.15, 0.2) is 35.7 Å². The second-order valence-corrected chi connectivity index (χ2v) is 10.6. The van der Waals surface area contributed by atoms with Crippen molar-refractivity contribution in [2.45, 2.75) is 26.0 Å². The number of aliphatic carboxylic acids is 1. The van der Waals surface area contributed by atoms with Crippen LogP contribution < -0.4 is 5.32 Å². The van der Waals surface area contributed by atoms with Gasteiger partial charge in [-0.05, 0) is 35.1 Å². The van der Waals surface area contributed by atoms with Crippen molar-refractivity contribution in [2.24, 2.45) is 5.41 Å². The van der Waals surface area contributed by atoms with E-state index in [1.54, 1.807) is 37.4 Å². The van der Waals surface area contributed by atoms with Crippen LogP contribution in [0.5, 0.6) is 0 Å². The maximum absolute atomic E-state index is 12.7. The Hall–Kier alpha value is -2.76. The van der Waals surface area contributed by atoms with Crippen molar-refractivity contribution < 1.29 is 32.1 Å². The lowest BCUT2D eigenvalue weighted by molar-refractivity contribution is -0.139. The molecule has 9 nitrogen and oxygen atoms in total. The summed E-state index contributed by atoms with van der Waals surface area (Å²) in [6.07, 6.45) is -0.190. The number of hydrogen-bond donors (Lipinski definition) is 2. The zero-order valence-electron chi connectivity index (χ0n) is 17.0. The minimum Gasteiger partial charge on any atom is -0.481 e. The molecule has 3 rings (SSSR count). The molecule has 0 unspecified atom stereocenters. The number of anilines is 1. The summed E-state index contributed by atoms with van der Waals surface area (Å²) in [6, 6.07) is 7.93. The lowest BCUT2D eigenvalue weighted by atomic mass is 9.89. The Labute approximate surface area is 183 Å². The van der Waals surface area contributed by atoms with Crippen LogP contribution >= 0.6 is 11.3 Å². The van der Waals surface area contributed by atoms with Crippen LogP contribution in [-0.4, -0.2) is 49.5 Å². The highest BCUT2D eigenvalue weighted by Gasteiger charge is 2.39. The van der Waals surface area contributed by atoms with Crippen LogP contribution in [0.25, 0.3) is 0 Å². The summed E-state index contributed by atoms with van der Waals surface area (Å²) in [5, 5.41) is 13.6. The maximum atomic E-state index is 12.7. The summed E-state index contributed by atoms with van der Waals surface area (Å²) in [7, 11) is -3.77. The quantitative estimate of drug-likeness (QED) is 0.311. The standard InChI is InChI=1S/C20H22N2O7S2/c1-20(2,9-17(23)24)11-22-18(25)15-6-5-13(8-16(15)19(22)26)21-12-29-31(27,28)10-14-4-3-7-30-14/h3-8,21H,9-12H2,1-2H3,(H,23,24).